The summed E-state index contributed by atoms with van der Waals surface area (Å²) < 4.78 is 12.1. The van der Waals surface area contributed by atoms with Gasteiger partial charge in [-0.3, -0.25) is 4.79 Å². The Morgan fingerprint density at radius 3 is 2.74 bits per heavy atom. The van der Waals surface area contributed by atoms with E-state index in [1.165, 1.54) is 16.2 Å². The number of halogens is 1. The fourth-order valence-electron chi connectivity index (χ4n) is 3.37. The van der Waals surface area contributed by atoms with Crippen molar-refractivity contribution in [3.05, 3.63) is 33.4 Å². The average Bonchev–Trinajstić information content (AvgIpc) is 2.80. The van der Waals surface area contributed by atoms with Gasteiger partial charge >= 0.3 is 5.97 Å². The van der Waals surface area contributed by atoms with Gasteiger partial charge in [0.05, 0.1) is 25.2 Å². The molecule has 4 atom stereocenters. The van der Waals surface area contributed by atoms with Gasteiger partial charge in [0.1, 0.15) is 0 Å². The zero-order valence-corrected chi connectivity index (χ0v) is 13.0. The maximum absolute atomic E-state index is 12.1. The first-order chi connectivity index (χ1) is 9.19. The summed E-state index contributed by atoms with van der Waals surface area (Å²) in [6.07, 6.45) is 3.33. The summed E-state index contributed by atoms with van der Waals surface area (Å²) in [6, 6.07) is 8.46. The van der Waals surface area contributed by atoms with E-state index in [1.54, 1.807) is 0 Å². The number of rotatable bonds is 2. The van der Waals surface area contributed by atoms with E-state index < -0.39 is 0 Å². The van der Waals surface area contributed by atoms with Crippen LogP contribution < -0.4 is 0 Å². The Morgan fingerprint density at radius 2 is 2.05 bits per heavy atom. The third kappa shape index (κ3) is 2.52. The summed E-state index contributed by atoms with van der Waals surface area (Å²) >= 11 is 2.30. The molecule has 1 aromatic carbocycles. The Morgan fingerprint density at radius 1 is 1.32 bits per heavy atom. The molecule has 0 aliphatic carbocycles. The number of methoxy groups -OCH3 is 1. The van der Waals surface area contributed by atoms with Crippen molar-refractivity contribution < 1.29 is 14.3 Å². The van der Waals surface area contributed by atoms with Crippen LogP contribution in [-0.4, -0.2) is 25.3 Å². The van der Waals surface area contributed by atoms with Crippen LogP contribution in [0.1, 0.15) is 30.7 Å². The van der Waals surface area contributed by atoms with Gasteiger partial charge in [0, 0.05) is 9.49 Å². The van der Waals surface area contributed by atoms with E-state index in [4.69, 9.17) is 9.47 Å². The van der Waals surface area contributed by atoms with Gasteiger partial charge in [0.15, 0.2) is 0 Å². The summed E-state index contributed by atoms with van der Waals surface area (Å²) in [4.78, 5) is 12.1. The van der Waals surface area contributed by atoms with Crippen LogP contribution in [0.2, 0.25) is 0 Å². The largest absolute Gasteiger partial charge is 0.469 e. The highest BCUT2D eigenvalue weighted by Gasteiger charge is 2.47. The molecule has 2 bridgehead atoms. The van der Waals surface area contributed by atoms with Gasteiger partial charge in [-0.2, -0.15) is 0 Å². The lowest BCUT2D eigenvalue weighted by Crippen LogP contribution is -2.39. The lowest BCUT2D eigenvalue weighted by Gasteiger charge is -2.35. The van der Waals surface area contributed by atoms with Crippen LogP contribution in [0.15, 0.2) is 24.3 Å². The van der Waals surface area contributed by atoms with Crippen molar-refractivity contribution in [3.8, 4) is 0 Å². The third-order valence-corrected chi connectivity index (χ3v) is 4.98. The molecule has 3 nitrogen and oxygen atoms in total. The fourth-order valence-corrected chi connectivity index (χ4v) is 3.73. The van der Waals surface area contributed by atoms with Gasteiger partial charge in [-0.25, -0.2) is 0 Å². The average molecular weight is 372 g/mol. The number of hydrogen-bond acceptors (Lipinski definition) is 3. The molecule has 2 saturated heterocycles. The number of benzene rings is 1. The monoisotopic (exact) mass is 372 g/mol. The maximum atomic E-state index is 12.1. The van der Waals surface area contributed by atoms with Crippen molar-refractivity contribution in [3.63, 3.8) is 0 Å². The van der Waals surface area contributed by atoms with Crippen LogP contribution >= 0.6 is 22.6 Å². The van der Waals surface area contributed by atoms with Crippen LogP contribution in [0.5, 0.6) is 0 Å². The van der Waals surface area contributed by atoms with Gasteiger partial charge in [0.25, 0.3) is 0 Å². The first-order valence-corrected chi connectivity index (χ1v) is 7.75. The lowest BCUT2D eigenvalue weighted by atomic mass is 9.79. The molecule has 3 rings (SSSR count). The molecule has 0 amide bonds. The van der Waals surface area contributed by atoms with Crippen molar-refractivity contribution in [2.45, 2.75) is 37.4 Å². The van der Waals surface area contributed by atoms with Gasteiger partial charge in [0.2, 0.25) is 0 Å². The van der Waals surface area contributed by atoms with E-state index in [0.29, 0.717) is 6.10 Å². The molecule has 2 fully saturated rings. The lowest BCUT2D eigenvalue weighted by molar-refractivity contribution is -0.156. The molecule has 102 valence electrons. The highest BCUT2D eigenvalue weighted by Crippen LogP contribution is 2.45. The number of carbonyl (C=O) groups excluding carboxylic acids is 1. The highest BCUT2D eigenvalue weighted by molar-refractivity contribution is 14.1. The first-order valence-electron chi connectivity index (χ1n) is 6.68. The zero-order chi connectivity index (χ0) is 13.4. The van der Waals surface area contributed by atoms with Crippen LogP contribution in [0.4, 0.5) is 0 Å². The minimum absolute atomic E-state index is 0.0375. The molecule has 2 aliphatic rings. The number of carbonyl (C=O) groups is 1. The Kier molecular flexibility index (Phi) is 3.80. The second kappa shape index (κ2) is 5.40. The Bertz CT molecular complexity index is 471. The normalized spacial score (nSPS) is 33.2. The predicted molar refractivity (Wildman–Crippen MR) is 79.9 cm³/mol. The van der Waals surface area contributed by atoms with Crippen molar-refractivity contribution in [1.29, 1.82) is 0 Å². The Hall–Kier alpha value is -0.620. The molecule has 0 spiro atoms. The molecule has 0 radical (unpaired) electrons. The van der Waals surface area contributed by atoms with Gasteiger partial charge in [-0.05, 0) is 59.5 Å². The maximum Gasteiger partial charge on any atom is 0.311 e. The summed E-state index contributed by atoms with van der Waals surface area (Å²) in [5.74, 6) is -0.0478. The molecule has 4 heteroatoms. The molecule has 2 heterocycles. The van der Waals surface area contributed by atoms with E-state index in [-0.39, 0.29) is 23.9 Å². The minimum atomic E-state index is -0.149. The number of esters is 1. The van der Waals surface area contributed by atoms with E-state index >= 15 is 0 Å². The summed E-state index contributed by atoms with van der Waals surface area (Å²) in [5.41, 5.74) is 1.23. The van der Waals surface area contributed by atoms with Gasteiger partial charge < -0.3 is 9.47 Å². The second-order valence-electron chi connectivity index (χ2n) is 5.32. The van der Waals surface area contributed by atoms with E-state index in [2.05, 4.69) is 46.9 Å². The third-order valence-electron chi connectivity index (χ3n) is 4.26. The molecule has 1 aromatic rings. The number of ether oxygens (including phenoxy) is 2. The molecule has 2 aliphatic heterocycles. The van der Waals surface area contributed by atoms with Crippen LogP contribution in [0, 0.1) is 9.49 Å². The van der Waals surface area contributed by atoms with Crippen molar-refractivity contribution in [2.24, 2.45) is 5.92 Å². The van der Waals surface area contributed by atoms with Gasteiger partial charge in [-0.1, -0.05) is 12.1 Å². The summed E-state index contributed by atoms with van der Waals surface area (Å²) in [6.45, 7) is 0. The fraction of sp³-hybridized carbons (Fsp3) is 0.533. The Labute approximate surface area is 126 Å². The second-order valence-corrected chi connectivity index (χ2v) is 6.56. The summed E-state index contributed by atoms with van der Waals surface area (Å²) in [7, 11) is 1.47. The van der Waals surface area contributed by atoms with Gasteiger partial charge in [-0.15, -0.1) is 0 Å². The molecule has 2 unspecified atom stereocenters. The van der Waals surface area contributed by atoms with Crippen molar-refractivity contribution >= 4 is 28.6 Å². The molecule has 0 saturated carbocycles. The van der Waals surface area contributed by atoms with Crippen LogP contribution in [0.3, 0.4) is 0 Å². The van der Waals surface area contributed by atoms with Crippen LogP contribution in [0.25, 0.3) is 0 Å². The molecule has 19 heavy (non-hydrogen) atoms. The Balaban J connectivity index is 1.92. The van der Waals surface area contributed by atoms with E-state index in [1.807, 2.05) is 0 Å². The summed E-state index contributed by atoms with van der Waals surface area (Å²) in [5, 5.41) is 0. The van der Waals surface area contributed by atoms with Crippen molar-refractivity contribution in [1.82, 2.24) is 0 Å². The SMILES string of the molecule is COC(=O)[C@@H]1C2CCC(C[C@@H]1c1ccc(I)cc1)O2. The topological polar surface area (TPSA) is 35.5 Å². The highest BCUT2D eigenvalue weighted by atomic mass is 127. The molecular weight excluding hydrogens is 355 g/mol. The molecule has 0 aromatic heterocycles. The molecular formula is C15H17IO3. The van der Waals surface area contributed by atoms with E-state index in [0.717, 1.165) is 19.3 Å². The number of fused-ring (bicyclic) bond motifs is 2. The van der Waals surface area contributed by atoms with E-state index in [9.17, 15) is 4.79 Å². The standard InChI is InChI=1S/C15H17IO3/c1-18-15(17)14-12(8-11-6-7-13(14)19-11)9-2-4-10(16)5-3-9/h2-5,11-14H,6-8H2,1H3/t11?,12-,13?,14+/m1/s1. The molecule has 0 N–H and O–H groups in total. The minimum Gasteiger partial charge on any atom is -0.469 e. The quantitative estimate of drug-likeness (QED) is 0.591. The van der Waals surface area contributed by atoms with Crippen LogP contribution in [-0.2, 0) is 14.3 Å². The first kappa shape index (κ1) is 13.4. The predicted octanol–water partition coefficient (Wildman–Crippen LogP) is 3.12. The smallest absolute Gasteiger partial charge is 0.311 e. The zero-order valence-electron chi connectivity index (χ0n) is 10.8. The number of hydrogen-bond donors (Lipinski definition) is 0. The van der Waals surface area contributed by atoms with Crippen molar-refractivity contribution in [2.75, 3.05) is 7.11 Å².